The van der Waals surface area contributed by atoms with E-state index in [0.717, 1.165) is 12.1 Å². The van der Waals surface area contributed by atoms with Crippen LogP contribution in [-0.2, 0) is 14.8 Å². The second kappa shape index (κ2) is 7.58. The molecule has 0 bridgehead atoms. The number of rotatable bonds is 6. The summed E-state index contributed by atoms with van der Waals surface area (Å²) in [6.45, 7) is 3.35. The number of sulfonamides is 1. The van der Waals surface area contributed by atoms with Crippen LogP contribution in [0.2, 0.25) is 0 Å². The van der Waals surface area contributed by atoms with Gasteiger partial charge in [0.25, 0.3) is 0 Å². The summed E-state index contributed by atoms with van der Waals surface area (Å²) >= 11 is 0. The molecule has 0 radical (unpaired) electrons. The molecule has 0 aliphatic rings. The number of hydrogen-bond acceptors (Lipinski definition) is 5. The fraction of sp³-hybridized carbons (Fsp3) is 0.250. The van der Waals surface area contributed by atoms with Gasteiger partial charge in [0.2, 0.25) is 15.9 Å². The number of nitrogens with one attached hydrogen (secondary N) is 2. The van der Waals surface area contributed by atoms with Gasteiger partial charge in [0.1, 0.15) is 22.6 Å². The van der Waals surface area contributed by atoms with Gasteiger partial charge in [-0.15, -0.1) is 0 Å². The van der Waals surface area contributed by atoms with Crippen molar-refractivity contribution in [3.8, 4) is 0 Å². The zero-order valence-corrected chi connectivity index (χ0v) is 14.5. The first kappa shape index (κ1) is 18.8. The van der Waals surface area contributed by atoms with Crippen LogP contribution in [-0.4, -0.2) is 25.4 Å². The predicted octanol–water partition coefficient (Wildman–Crippen LogP) is 1.74. The lowest BCUT2D eigenvalue weighted by Gasteiger charge is -2.21. The van der Waals surface area contributed by atoms with Gasteiger partial charge in [0.05, 0.1) is 11.9 Å². The Kier molecular flexibility index (Phi) is 5.70. The summed E-state index contributed by atoms with van der Waals surface area (Å²) in [6.07, 6.45) is 1.36. The second-order valence-electron chi connectivity index (χ2n) is 5.73. The molecule has 0 fully saturated rings. The van der Waals surface area contributed by atoms with Gasteiger partial charge in [0.15, 0.2) is 0 Å². The van der Waals surface area contributed by atoms with Crippen molar-refractivity contribution < 1.29 is 17.6 Å². The van der Waals surface area contributed by atoms with Crippen molar-refractivity contribution in [2.24, 2.45) is 5.92 Å². The largest absolute Gasteiger partial charge is 0.384 e. The molecule has 7 nitrogen and oxygen atoms in total. The van der Waals surface area contributed by atoms with E-state index < -0.39 is 32.7 Å². The molecular weight excluding hydrogens is 347 g/mol. The fourth-order valence-electron chi connectivity index (χ4n) is 2.08. The maximum Gasteiger partial charge on any atom is 0.244 e. The van der Waals surface area contributed by atoms with Crippen LogP contribution in [0, 0.1) is 11.7 Å². The van der Waals surface area contributed by atoms with Crippen LogP contribution in [0.4, 0.5) is 15.9 Å². The quantitative estimate of drug-likeness (QED) is 0.720. The molecule has 2 aromatic rings. The monoisotopic (exact) mass is 366 g/mol. The van der Waals surface area contributed by atoms with E-state index in [1.165, 1.54) is 24.4 Å². The third-order valence-electron chi connectivity index (χ3n) is 3.41. The molecular formula is C16H19FN4O3S. The molecule has 0 saturated heterocycles. The maximum atomic E-state index is 13.8. The zero-order valence-electron chi connectivity index (χ0n) is 13.7. The van der Waals surface area contributed by atoms with Gasteiger partial charge in [0, 0.05) is 0 Å². The van der Waals surface area contributed by atoms with Gasteiger partial charge in [-0.2, -0.15) is 4.72 Å². The molecule has 2 rings (SSSR count). The summed E-state index contributed by atoms with van der Waals surface area (Å²) in [5, 5.41) is 2.56. The molecule has 1 amide bonds. The topological polar surface area (TPSA) is 114 Å². The first-order chi connectivity index (χ1) is 11.7. The summed E-state index contributed by atoms with van der Waals surface area (Å²) in [4.78, 5) is 15.8. The molecule has 4 N–H and O–H groups in total. The lowest BCUT2D eigenvalue weighted by atomic mass is 10.1. The third-order valence-corrected chi connectivity index (χ3v) is 4.89. The Morgan fingerprint density at radius 3 is 2.44 bits per heavy atom. The summed E-state index contributed by atoms with van der Waals surface area (Å²) in [5.74, 6) is -1.55. The van der Waals surface area contributed by atoms with E-state index in [4.69, 9.17) is 5.73 Å². The van der Waals surface area contributed by atoms with Gasteiger partial charge in [-0.05, 0) is 30.2 Å². The number of carbonyl (C=O) groups is 1. The van der Waals surface area contributed by atoms with Gasteiger partial charge in [-0.25, -0.2) is 17.8 Å². The van der Waals surface area contributed by atoms with Crippen molar-refractivity contribution in [3.05, 3.63) is 48.4 Å². The van der Waals surface area contributed by atoms with Crippen LogP contribution < -0.4 is 15.8 Å². The van der Waals surface area contributed by atoms with Crippen LogP contribution >= 0.6 is 0 Å². The van der Waals surface area contributed by atoms with Crippen molar-refractivity contribution in [2.75, 3.05) is 11.1 Å². The molecule has 134 valence electrons. The molecule has 0 aliphatic carbocycles. The smallest absolute Gasteiger partial charge is 0.244 e. The molecule has 0 saturated carbocycles. The molecule has 25 heavy (non-hydrogen) atoms. The predicted molar refractivity (Wildman–Crippen MR) is 92.6 cm³/mol. The number of hydrogen-bond donors (Lipinski definition) is 3. The standard InChI is InChI=1S/C16H19FN4O3S/c1-10(2)15(16(22)20-11-7-8-14(18)19-9-11)21-25(23,24)13-6-4-3-5-12(13)17/h3-10,15,21H,1-2H3,(H2,18,19)(H,20,22). The Bertz CT molecular complexity index is 854. The van der Waals surface area contributed by atoms with Crippen LogP contribution in [0.5, 0.6) is 0 Å². The van der Waals surface area contributed by atoms with Gasteiger partial charge in [-0.3, -0.25) is 4.79 Å². The Morgan fingerprint density at radius 2 is 1.88 bits per heavy atom. The highest BCUT2D eigenvalue weighted by molar-refractivity contribution is 7.89. The average Bonchev–Trinajstić information content (AvgIpc) is 2.54. The normalized spacial score (nSPS) is 12.8. The number of halogens is 1. The van der Waals surface area contributed by atoms with E-state index in [9.17, 15) is 17.6 Å². The van der Waals surface area contributed by atoms with Crippen LogP contribution in [0.25, 0.3) is 0 Å². The van der Waals surface area contributed by atoms with Gasteiger partial charge < -0.3 is 11.1 Å². The van der Waals surface area contributed by atoms with Crippen molar-refractivity contribution >= 4 is 27.4 Å². The van der Waals surface area contributed by atoms with Gasteiger partial charge in [-0.1, -0.05) is 26.0 Å². The van der Waals surface area contributed by atoms with Crippen LogP contribution in [0.15, 0.2) is 47.5 Å². The highest BCUT2D eigenvalue weighted by atomic mass is 32.2. The van der Waals surface area contributed by atoms with Crippen molar-refractivity contribution in [3.63, 3.8) is 0 Å². The minimum Gasteiger partial charge on any atom is -0.384 e. The molecule has 9 heteroatoms. The lowest BCUT2D eigenvalue weighted by Crippen LogP contribution is -2.47. The minimum absolute atomic E-state index is 0.290. The first-order valence-electron chi connectivity index (χ1n) is 7.50. The Morgan fingerprint density at radius 1 is 1.20 bits per heavy atom. The number of amides is 1. The minimum atomic E-state index is -4.20. The molecule has 1 aromatic heterocycles. The summed E-state index contributed by atoms with van der Waals surface area (Å²) in [6, 6.07) is 6.92. The van der Waals surface area contributed by atoms with E-state index in [0.29, 0.717) is 11.5 Å². The Balaban J connectivity index is 2.21. The number of nitrogens with zero attached hydrogens (tertiary/aromatic N) is 1. The third kappa shape index (κ3) is 4.74. The number of nitrogen functional groups attached to an aromatic ring is 1. The highest BCUT2D eigenvalue weighted by Gasteiger charge is 2.29. The molecule has 1 aromatic carbocycles. The summed E-state index contributed by atoms with van der Waals surface area (Å²) in [5.41, 5.74) is 5.85. The van der Waals surface area contributed by atoms with Crippen molar-refractivity contribution in [1.82, 2.24) is 9.71 Å². The maximum absolute atomic E-state index is 13.8. The first-order valence-corrected chi connectivity index (χ1v) is 8.98. The van der Waals surface area contributed by atoms with Crippen molar-refractivity contribution in [2.45, 2.75) is 24.8 Å². The van der Waals surface area contributed by atoms with Crippen LogP contribution in [0.1, 0.15) is 13.8 Å². The molecule has 1 atom stereocenters. The van der Waals surface area contributed by atoms with Gasteiger partial charge >= 0.3 is 0 Å². The SMILES string of the molecule is CC(C)C(NS(=O)(=O)c1ccccc1F)C(=O)Nc1ccc(N)nc1. The van der Waals surface area contributed by atoms with E-state index in [-0.39, 0.29) is 5.92 Å². The number of anilines is 2. The second-order valence-corrected chi connectivity index (χ2v) is 7.42. The Labute approximate surface area is 145 Å². The van der Waals surface area contributed by atoms with E-state index in [1.807, 2.05) is 0 Å². The highest BCUT2D eigenvalue weighted by Crippen LogP contribution is 2.16. The summed E-state index contributed by atoms with van der Waals surface area (Å²) < 4.78 is 40.9. The molecule has 0 spiro atoms. The number of aromatic nitrogens is 1. The molecule has 1 heterocycles. The number of nitrogens with two attached hydrogens (primary N) is 1. The van der Waals surface area contributed by atoms with E-state index in [1.54, 1.807) is 19.9 Å². The van der Waals surface area contributed by atoms with Crippen LogP contribution in [0.3, 0.4) is 0 Å². The number of benzene rings is 1. The van der Waals surface area contributed by atoms with Crippen molar-refractivity contribution in [1.29, 1.82) is 0 Å². The summed E-state index contributed by atoms with van der Waals surface area (Å²) in [7, 11) is -4.20. The molecule has 1 unspecified atom stereocenters. The molecule has 0 aliphatic heterocycles. The van der Waals surface area contributed by atoms with E-state index >= 15 is 0 Å². The fourth-order valence-corrected chi connectivity index (χ4v) is 3.51. The lowest BCUT2D eigenvalue weighted by molar-refractivity contribution is -0.118. The van der Waals surface area contributed by atoms with E-state index in [2.05, 4.69) is 15.0 Å². The average molecular weight is 366 g/mol. The number of pyridine rings is 1. The zero-order chi connectivity index (χ0) is 18.6. The Hall–Kier alpha value is -2.52. The number of carbonyl (C=O) groups excluding carboxylic acids is 1.